The van der Waals surface area contributed by atoms with Gasteiger partial charge in [-0.2, -0.15) is 13.7 Å². The van der Waals surface area contributed by atoms with E-state index in [9.17, 15) is 22.4 Å². The first-order chi connectivity index (χ1) is 18.3. The van der Waals surface area contributed by atoms with Crippen LogP contribution >= 0.6 is 0 Å². The number of hydrogen-bond donors (Lipinski definition) is 1. The summed E-state index contributed by atoms with van der Waals surface area (Å²) in [5.41, 5.74) is 4.62. The standard InChI is InChI=1S/C29H25FN4O3S/c1-2-18-12-24-26(13-23(18)19-11-21(16-32-15-19)38(30,36)37)34(20-6-4-3-5-7-20)29-27(28(24)35)22-9-8-17(14-31)10-25(22)33-29/h8-13,15-16,20,33H,2-7H2,1H3. The van der Waals surface area contributed by atoms with Crippen LogP contribution in [0.4, 0.5) is 3.89 Å². The predicted octanol–water partition coefficient (Wildman–Crippen LogP) is 6.30. The Bertz CT molecular complexity index is 1960. The van der Waals surface area contributed by atoms with Gasteiger partial charge in [-0.15, -0.1) is 3.89 Å². The summed E-state index contributed by atoms with van der Waals surface area (Å²) in [5.74, 6) is 0. The summed E-state index contributed by atoms with van der Waals surface area (Å²) >= 11 is 0. The Morgan fingerprint density at radius 1 is 1.11 bits per heavy atom. The second kappa shape index (κ2) is 9.07. The second-order valence-corrected chi connectivity index (χ2v) is 11.3. The number of aromatic amines is 1. The molecule has 1 aliphatic carbocycles. The van der Waals surface area contributed by atoms with Gasteiger partial charge in [0.05, 0.1) is 22.5 Å². The van der Waals surface area contributed by atoms with Crippen molar-refractivity contribution < 1.29 is 12.3 Å². The molecule has 5 aromatic rings. The van der Waals surface area contributed by atoms with E-state index in [2.05, 4.69) is 20.6 Å². The van der Waals surface area contributed by atoms with E-state index in [1.807, 2.05) is 25.1 Å². The highest BCUT2D eigenvalue weighted by molar-refractivity contribution is 7.86. The minimum Gasteiger partial charge on any atom is -0.340 e. The van der Waals surface area contributed by atoms with Crippen molar-refractivity contribution in [2.75, 3.05) is 0 Å². The molecule has 38 heavy (non-hydrogen) atoms. The first-order valence-corrected chi connectivity index (χ1v) is 14.1. The number of H-pyrrole nitrogens is 1. The Labute approximate surface area is 218 Å². The minimum absolute atomic E-state index is 0.0996. The summed E-state index contributed by atoms with van der Waals surface area (Å²) in [7, 11) is -4.92. The third-order valence-electron chi connectivity index (χ3n) is 7.73. The Kier molecular flexibility index (Phi) is 5.80. The van der Waals surface area contributed by atoms with E-state index in [1.165, 1.54) is 12.3 Å². The van der Waals surface area contributed by atoms with Gasteiger partial charge in [-0.3, -0.25) is 9.78 Å². The van der Waals surface area contributed by atoms with Gasteiger partial charge in [0.25, 0.3) is 0 Å². The third-order valence-corrected chi connectivity index (χ3v) is 8.51. The maximum absolute atomic E-state index is 14.0. The zero-order valence-corrected chi connectivity index (χ0v) is 21.6. The summed E-state index contributed by atoms with van der Waals surface area (Å²) in [5, 5.41) is 11.4. The van der Waals surface area contributed by atoms with Crippen LogP contribution in [0.15, 0.2) is 58.5 Å². The maximum Gasteiger partial charge on any atom is 0.333 e. The van der Waals surface area contributed by atoms with Crippen molar-refractivity contribution >= 4 is 43.1 Å². The van der Waals surface area contributed by atoms with Gasteiger partial charge in [0.1, 0.15) is 10.5 Å². The minimum atomic E-state index is -4.92. The van der Waals surface area contributed by atoms with Crippen LogP contribution < -0.4 is 5.43 Å². The average molecular weight is 529 g/mol. The number of nitriles is 1. The monoisotopic (exact) mass is 528 g/mol. The molecule has 1 fully saturated rings. The van der Waals surface area contributed by atoms with Gasteiger partial charge in [0, 0.05) is 40.3 Å². The molecule has 0 unspecified atom stereocenters. The zero-order chi connectivity index (χ0) is 26.6. The largest absolute Gasteiger partial charge is 0.340 e. The Hall–Kier alpha value is -4.03. The summed E-state index contributed by atoms with van der Waals surface area (Å²) in [4.78, 5) is 20.9. The van der Waals surface area contributed by atoms with Crippen LogP contribution in [0.2, 0.25) is 0 Å². The van der Waals surface area contributed by atoms with Crippen LogP contribution in [0, 0.1) is 11.3 Å². The molecule has 0 spiro atoms. The molecule has 0 saturated heterocycles. The molecule has 1 aliphatic rings. The fourth-order valence-electron chi connectivity index (χ4n) is 5.91. The van der Waals surface area contributed by atoms with Crippen LogP contribution in [0.3, 0.4) is 0 Å². The number of benzene rings is 2. The average Bonchev–Trinajstić information content (AvgIpc) is 3.31. The molecule has 7 nitrogen and oxygen atoms in total. The van der Waals surface area contributed by atoms with E-state index in [0.717, 1.165) is 60.3 Å². The molecular weight excluding hydrogens is 503 g/mol. The first-order valence-electron chi connectivity index (χ1n) is 12.8. The molecule has 0 aliphatic heterocycles. The molecule has 1 N–H and O–H groups in total. The number of hydrogen-bond acceptors (Lipinski definition) is 5. The SMILES string of the molecule is CCc1cc2c(=O)c3c4ccc(C#N)cc4[nH]c3n(C3CCCCC3)c2cc1-c1cncc(S(=O)(=O)F)c1. The topological polar surface area (TPSA) is 109 Å². The molecule has 192 valence electrons. The van der Waals surface area contributed by atoms with Crippen LogP contribution in [-0.4, -0.2) is 23.0 Å². The fraction of sp³-hybridized carbons (Fsp3) is 0.276. The van der Waals surface area contributed by atoms with Crippen LogP contribution in [0.5, 0.6) is 0 Å². The maximum atomic E-state index is 14.0. The van der Waals surface area contributed by atoms with Crippen molar-refractivity contribution in [2.45, 2.75) is 56.4 Å². The number of halogens is 1. The normalized spacial score (nSPS) is 14.9. The molecular formula is C29H25FN4O3S. The van der Waals surface area contributed by atoms with Crippen molar-refractivity contribution in [2.24, 2.45) is 0 Å². The fourth-order valence-corrected chi connectivity index (χ4v) is 6.37. The lowest BCUT2D eigenvalue weighted by molar-refractivity contribution is 0.365. The Morgan fingerprint density at radius 2 is 1.89 bits per heavy atom. The van der Waals surface area contributed by atoms with Crippen molar-refractivity contribution in [1.82, 2.24) is 14.5 Å². The molecule has 1 saturated carbocycles. The van der Waals surface area contributed by atoms with Gasteiger partial charge in [-0.1, -0.05) is 32.3 Å². The van der Waals surface area contributed by atoms with Crippen molar-refractivity contribution in [3.05, 3.63) is 70.1 Å². The van der Waals surface area contributed by atoms with Crippen molar-refractivity contribution in [3.63, 3.8) is 0 Å². The smallest absolute Gasteiger partial charge is 0.333 e. The number of nitrogens with one attached hydrogen (secondary N) is 1. The first kappa shape index (κ1) is 24.3. The number of aromatic nitrogens is 3. The van der Waals surface area contributed by atoms with Gasteiger partial charge >= 0.3 is 10.2 Å². The number of rotatable bonds is 4. The van der Waals surface area contributed by atoms with Gasteiger partial charge in [0.2, 0.25) is 0 Å². The molecule has 6 rings (SSSR count). The summed E-state index contributed by atoms with van der Waals surface area (Å²) < 4.78 is 39.2. The molecule has 9 heteroatoms. The van der Waals surface area contributed by atoms with E-state index in [4.69, 9.17) is 0 Å². The van der Waals surface area contributed by atoms with E-state index in [1.54, 1.807) is 12.1 Å². The Balaban J connectivity index is 1.74. The van der Waals surface area contributed by atoms with Gasteiger partial charge < -0.3 is 9.55 Å². The third kappa shape index (κ3) is 3.87. The van der Waals surface area contributed by atoms with Crippen LogP contribution in [-0.2, 0) is 16.6 Å². The summed E-state index contributed by atoms with van der Waals surface area (Å²) in [6, 6.07) is 12.7. The molecule has 0 amide bonds. The van der Waals surface area contributed by atoms with Gasteiger partial charge in [0.15, 0.2) is 5.43 Å². The molecule has 0 radical (unpaired) electrons. The molecule has 3 heterocycles. The summed E-state index contributed by atoms with van der Waals surface area (Å²) in [6.45, 7) is 1.96. The summed E-state index contributed by atoms with van der Waals surface area (Å²) in [6.07, 6.45) is 8.35. The molecule has 3 aromatic heterocycles. The lowest BCUT2D eigenvalue weighted by Crippen LogP contribution is -2.18. The van der Waals surface area contributed by atoms with E-state index in [0.29, 0.717) is 39.5 Å². The zero-order valence-electron chi connectivity index (χ0n) is 20.8. The highest BCUT2D eigenvalue weighted by Crippen LogP contribution is 2.38. The predicted molar refractivity (Wildman–Crippen MR) is 145 cm³/mol. The molecule has 2 aromatic carbocycles. The molecule has 0 atom stereocenters. The second-order valence-electron chi connectivity index (χ2n) is 9.94. The van der Waals surface area contributed by atoms with E-state index in [-0.39, 0.29) is 11.5 Å². The van der Waals surface area contributed by atoms with Gasteiger partial charge in [-0.05, 0) is 60.7 Å². The Morgan fingerprint density at radius 3 is 2.61 bits per heavy atom. The van der Waals surface area contributed by atoms with E-state index < -0.39 is 15.1 Å². The van der Waals surface area contributed by atoms with Crippen LogP contribution in [0.1, 0.15) is 56.2 Å². The number of pyridine rings is 2. The van der Waals surface area contributed by atoms with E-state index >= 15 is 0 Å². The highest BCUT2D eigenvalue weighted by atomic mass is 32.3. The number of nitrogens with zero attached hydrogens (tertiary/aromatic N) is 3. The highest BCUT2D eigenvalue weighted by Gasteiger charge is 2.24. The van der Waals surface area contributed by atoms with Crippen LogP contribution in [0.25, 0.3) is 44.0 Å². The quantitative estimate of drug-likeness (QED) is 0.276. The number of aryl methyl sites for hydroxylation is 1. The molecule has 0 bridgehead atoms. The van der Waals surface area contributed by atoms with Crippen molar-refractivity contribution in [3.8, 4) is 17.2 Å². The number of fused-ring (bicyclic) bond motifs is 4. The van der Waals surface area contributed by atoms with Crippen molar-refractivity contribution in [1.29, 1.82) is 5.26 Å². The lowest BCUT2D eigenvalue weighted by atomic mass is 9.92. The lowest BCUT2D eigenvalue weighted by Gasteiger charge is -2.27. The van der Waals surface area contributed by atoms with Gasteiger partial charge in [-0.25, -0.2) is 0 Å².